The van der Waals surface area contributed by atoms with Crippen molar-refractivity contribution in [1.29, 1.82) is 0 Å². The Hall–Kier alpha value is -0.910. The lowest BCUT2D eigenvalue weighted by Gasteiger charge is -2.12. The average Bonchev–Trinajstić information content (AvgIpc) is 2.38. The van der Waals surface area contributed by atoms with E-state index in [0.29, 0.717) is 0 Å². The molecular formula is C15H26N2O2S. The Morgan fingerprint density at radius 1 is 1.20 bits per heavy atom. The second kappa shape index (κ2) is 8.39. The molecule has 20 heavy (non-hydrogen) atoms. The first kappa shape index (κ1) is 17.1. The maximum absolute atomic E-state index is 12.0. The van der Waals surface area contributed by atoms with E-state index in [1.54, 1.807) is 0 Å². The van der Waals surface area contributed by atoms with Crippen LogP contribution in [0.3, 0.4) is 0 Å². The van der Waals surface area contributed by atoms with Crippen molar-refractivity contribution in [1.82, 2.24) is 10.0 Å². The summed E-state index contributed by atoms with van der Waals surface area (Å²) in [6.45, 7) is 7.71. The summed E-state index contributed by atoms with van der Waals surface area (Å²) in [5, 5.41) is 3.32. The summed E-state index contributed by atoms with van der Waals surface area (Å²) in [6.07, 6.45) is 1.88. The molecule has 1 aromatic rings. The van der Waals surface area contributed by atoms with Crippen molar-refractivity contribution in [2.75, 3.05) is 6.54 Å². The van der Waals surface area contributed by atoms with Gasteiger partial charge in [0.2, 0.25) is 10.0 Å². The van der Waals surface area contributed by atoms with Crippen molar-refractivity contribution in [3.63, 3.8) is 0 Å². The van der Waals surface area contributed by atoms with Gasteiger partial charge in [0.25, 0.3) is 0 Å². The van der Waals surface area contributed by atoms with Gasteiger partial charge in [-0.2, -0.15) is 0 Å². The van der Waals surface area contributed by atoms with Gasteiger partial charge in [-0.1, -0.05) is 38.1 Å². The van der Waals surface area contributed by atoms with Crippen molar-refractivity contribution in [2.24, 2.45) is 0 Å². The Bertz CT molecular complexity index is 500. The highest BCUT2D eigenvalue weighted by atomic mass is 32.2. The van der Waals surface area contributed by atoms with Gasteiger partial charge in [0, 0.05) is 12.6 Å². The van der Waals surface area contributed by atoms with E-state index < -0.39 is 10.0 Å². The molecule has 0 saturated heterocycles. The molecule has 0 spiro atoms. The number of hydrogen-bond acceptors (Lipinski definition) is 3. The van der Waals surface area contributed by atoms with E-state index in [1.807, 2.05) is 38.1 Å². The van der Waals surface area contributed by atoms with Gasteiger partial charge in [-0.25, -0.2) is 13.1 Å². The molecule has 0 aromatic heterocycles. The Morgan fingerprint density at radius 2 is 1.90 bits per heavy atom. The van der Waals surface area contributed by atoms with Crippen molar-refractivity contribution in [2.45, 2.75) is 52.0 Å². The standard InChI is InChI=1S/C15H26N2O2S/c1-4-9-16-11-14-7-6-8-15(10-14)12-20(18,19)17-13(3)5-2/h6-8,10,13,16-17H,4-5,9,11-12H2,1-3H3. The maximum Gasteiger partial charge on any atom is 0.216 e. The lowest BCUT2D eigenvalue weighted by Crippen LogP contribution is -2.33. The summed E-state index contributed by atoms with van der Waals surface area (Å²) >= 11 is 0. The molecule has 0 aliphatic heterocycles. The quantitative estimate of drug-likeness (QED) is 0.688. The third-order valence-electron chi connectivity index (χ3n) is 3.10. The van der Waals surface area contributed by atoms with Gasteiger partial charge >= 0.3 is 0 Å². The summed E-state index contributed by atoms with van der Waals surface area (Å²) in [4.78, 5) is 0. The van der Waals surface area contributed by atoms with Crippen LogP contribution in [0.15, 0.2) is 24.3 Å². The van der Waals surface area contributed by atoms with Crippen LogP contribution in [0.25, 0.3) is 0 Å². The van der Waals surface area contributed by atoms with Crippen LogP contribution in [0.5, 0.6) is 0 Å². The average molecular weight is 298 g/mol. The second-order valence-corrected chi connectivity index (χ2v) is 6.94. The largest absolute Gasteiger partial charge is 0.313 e. The number of benzene rings is 1. The van der Waals surface area contributed by atoms with E-state index in [4.69, 9.17) is 0 Å². The van der Waals surface area contributed by atoms with Crippen LogP contribution in [0, 0.1) is 0 Å². The van der Waals surface area contributed by atoms with Crippen molar-refractivity contribution >= 4 is 10.0 Å². The van der Waals surface area contributed by atoms with E-state index in [1.165, 1.54) is 0 Å². The van der Waals surface area contributed by atoms with Gasteiger partial charge in [0.05, 0.1) is 5.75 Å². The Balaban J connectivity index is 2.65. The molecule has 0 amide bonds. The molecule has 114 valence electrons. The molecule has 0 fully saturated rings. The molecule has 1 aromatic carbocycles. The molecule has 2 N–H and O–H groups in total. The first-order chi connectivity index (χ1) is 9.46. The summed E-state index contributed by atoms with van der Waals surface area (Å²) in [6, 6.07) is 7.73. The Labute approximate surface area is 123 Å². The minimum Gasteiger partial charge on any atom is -0.313 e. The van der Waals surface area contributed by atoms with Crippen LogP contribution in [-0.2, 0) is 22.3 Å². The van der Waals surface area contributed by atoms with Gasteiger partial charge in [0.1, 0.15) is 0 Å². The van der Waals surface area contributed by atoms with E-state index in [-0.39, 0.29) is 11.8 Å². The molecule has 0 saturated carbocycles. The first-order valence-corrected chi connectivity index (χ1v) is 8.90. The normalized spacial score (nSPS) is 13.3. The fraction of sp³-hybridized carbons (Fsp3) is 0.600. The molecular weight excluding hydrogens is 272 g/mol. The zero-order chi connectivity index (χ0) is 15.0. The van der Waals surface area contributed by atoms with E-state index in [0.717, 1.165) is 37.1 Å². The Morgan fingerprint density at radius 3 is 2.55 bits per heavy atom. The minimum absolute atomic E-state index is 0.0191. The van der Waals surface area contributed by atoms with Crippen LogP contribution in [0.2, 0.25) is 0 Å². The molecule has 0 aliphatic carbocycles. The second-order valence-electron chi connectivity index (χ2n) is 5.18. The summed E-state index contributed by atoms with van der Waals surface area (Å²) in [5.41, 5.74) is 1.95. The fourth-order valence-corrected chi connectivity index (χ4v) is 3.37. The van der Waals surface area contributed by atoms with Gasteiger partial charge in [-0.05, 0) is 37.4 Å². The SMILES string of the molecule is CCCNCc1cccc(CS(=O)(=O)NC(C)CC)c1. The van der Waals surface area contributed by atoms with Gasteiger partial charge in [0.15, 0.2) is 0 Å². The van der Waals surface area contributed by atoms with Gasteiger partial charge in [-0.3, -0.25) is 0 Å². The highest BCUT2D eigenvalue weighted by molar-refractivity contribution is 7.88. The summed E-state index contributed by atoms with van der Waals surface area (Å²) in [7, 11) is -3.26. The molecule has 4 nitrogen and oxygen atoms in total. The lowest BCUT2D eigenvalue weighted by atomic mass is 10.1. The monoisotopic (exact) mass is 298 g/mol. The van der Waals surface area contributed by atoms with Crippen molar-refractivity contribution in [3.8, 4) is 0 Å². The van der Waals surface area contributed by atoms with Crippen LogP contribution in [-0.4, -0.2) is 21.0 Å². The molecule has 1 unspecified atom stereocenters. The summed E-state index contributed by atoms with van der Waals surface area (Å²) < 4.78 is 26.7. The Kier molecular flexibility index (Phi) is 7.19. The van der Waals surface area contributed by atoms with Gasteiger partial charge in [-0.15, -0.1) is 0 Å². The highest BCUT2D eigenvalue weighted by Gasteiger charge is 2.14. The molecule has 0 aliphatic rings. The van der Waals surface area contributed by atoms with Crippen LogP contribution < -0.4 is 10.0 Å². The smallest absolute Gasteiger partial charge is 0.216 e. The van der Waals surface area contributed by atoms with E-state index in [2.05, 4.69) is 17.0 Å². The molecule has 0 bridgehead atoms. The number of nitrogens with one attached hydrogen (secondary N) is 2. The van der Waals surface area contributed by atoms with Crippen LogP contribution in [0.1, 0.15) is 44.7 Å². The van der Waals surface area contributed by atoms with E-state index in [9.17, 15) is 8.42 Å². The molecule has 0 heterocycles. The predicted molar refractivity (Wildman–Crippen MR) is 84.0 cm³/mol. The van der Waals surface area contributed by atoms with Gasteiger partial charge < -0.3 is 5.32 Å². The van der Waals surface area contributed by atoms with Crippen molar-refractivity contribution < 1.29 is 8.42 Å². The number of hydrogen-bond donors (Lipinski definition) is 2. The first-order valence-electron chi connectivity index (χ1n) is 7.25. The third-order valence-corrected chi connectivity index (χ3v) is 4.57. The van der Waals surface area contributed by atoms with Crippen LogP contribution in [0.4, 0.5) is 0 Å². The topological polar surface area (TPSA) is 58.2 Å². The third kappa shape index (κ3) is 6.50. The predicted octanol–water partition coefficient (Wildman–Crippen LogP) is 2.40. The zero-order valence-corrected chi connectivity index (χ0v) is 13.5. The maximum atomic E-state index is 12.0. The highest BCUT2D eigenvalue weighted by Crippen LogP contribution is 2.09. The molecule has 1 rings (SSSR count). The van der Waals surface area contributed by atoms with Crippen LogP contribution >= 0.6 is 0 Å². The summed E-state index contributed by atoms with van der Waals surface area (Å²) in [5.74, 6) is 0.0406. The minimum atomic E-state index is -3.26. The number of sulfonamides is 1. The zero-order valence-electron chi connectivity index (χ0n) is 12.6. The number of rotatable bonds is 9. The lowest BCUT2D eigenvalue weighted by molar-refractivity contribution is 0.555. The molecule has 1 atom stereocenters. The molecule has 0 radical (unpaired) electrons. The molecule has 5 heteroatoms. The van der Waals surface area contributed by atoms with E-state index >= 15 is 0 Å². The fourth-order valence-electron chi connectivity index (χ4n) is 1.89. The van der Waals surface area contributed by atoms with Crippen molar-refractivity contribution in [3.05, 3.63) is 35.4 Å².